The first-order chi connectivity index (χ1) is 17.3. The minimum absolute atomic E-state index is 0.00705. The maximum Gasteiger partial charge on any atom is 0.245 e. The van der Waals surface area contributed by atoms with Crippen LogP contribution in [0.4, 0.5) is 5.82 Å². The SMILES string of the molecule is CC(C)N(C)[C@@H]1CC[C@H](N2CCC(Nc3ncnc4ccc(Cl)cc34)C2=O)[C@H](CS(=O)(=O)C(C)(C)C)C1. The molecule has 2 aliphatic rings. The maximum absolute atomic E-state index is 13.7. The molecule has 2 heterocycles. The number of nitrogens with zero attached hydrogens (tertiary/aromatic N) is 4. The van der Waals surface area contributed by atoms with Gasteiger partial charge in [-0.3, -0.25) is 4.79 Å². The van der Waals surface area contributed by atoms with Crippen molar-refractivity contribution in [2.45, 2.75) is 89.2 Å². The van der Waals surface area contributed by atoms with Crippen LogP contribution in [0.3, 0.4) is 0 Å². The summed E-state index contributed by atoms with van der Waals surface area (Å²) in [6.07, 6.45) is 4.63. The Morgan fingerprint density at radius 3 is 2.59 bits per heavy atom. The third-order valence-corrected chi connectivity index (χ3v) is 11.2. The van der Waals surface area contributed by atoms with Gasteiger partial charge < -0.3 is 15.1 Å². The lowest BCUT2D eigenvalue weighted by Crippen LogP contribution is -2.53. The first-order valence-corrected chi connectivity index (χ1v) is 15.2. The molecule has 0 bridgehead atoms. The molecule has 204 valence electrons. The zero-order valence-corrected chi connectivity index (χ0v) is 24.3. The number of sulfone groups is 1. The Morgan fingerprint density at radius 2 is 1.92 bits per heavy atom. The zero-order chi connectivity index (χ0) is 27.1. The fourth-order valence-electron chi connectivity index (χ4n) is 5.61. The fraction of sp³-hybridized carbons (Fsp3) is 0.667. The van der Waals surface area contributed by atoms with Crippen LogP contribution in [0.1, 0.15) is 60.3 Å². The minimum atomic E-state index is -3.34. The normalized spacial score (nSPS) is 25.4. The number of likely N-dealkylation sites (tertiary alicyclic amines) is 1. The van der Waals surface area contributed by atoms with E-state index < -0.39 is 20.6 Å². The number of fused-ring (bicyclic) bond motifs is 1. The van der Waals surface area contributed by atoms with Crippen molar-refractivity contribution >= 4 is 44.1 Å². The molecule has 2 aromatic rings. The standard InChI is InChI=1S/C27H40ClN5O3S/c1-17(2)32(6)20-8-10-24(18(13-20)15-37(35,36)27(3,4)5)33-12-11-23(26(33)34)31-25-21-14-19(28)7-9-22(21)29-16-30-25/h7,9,14,16-18,20,23-24H,8,10-13,15H2,1-6H3,(H,29,30,31)/t18-,20+,23?,24-/m0/s1. The van der Waals surface area contributed by atoms with Crippen LogP contribution in [-0.2, 0) is 14.6 Å². The summed E-state index contributed by atoms with van der Waals surface area (Å²) in [5, 5.41) is 4.68. The summed E-state index contributed by atoms with van der Waals surface area (Å²) in [4.78, 5) is 26.6. The molecule has 1 aliphatic heterocycles. The molecule has 1 saturated carbocycles. The first-order valence-electron chi connectivity index (χ1n) is 13.2. The fourth-order valence-corrected chi connectivity index (χ4v) is 7.20. The van der Waals surface area contributed by atoms with Crippen LogP contribution in [0, 0.1) is 5.92 Å². The van der Waals surface area contributed by atoms with E-state index in [1.807, 2.05) is 11.0 Å². The van der Waals surface area contributed by atoms with Crippen LogP contribution in [0.2, 0.25) is 5.02 Å². The molecule has 8 nitrogen and oxygen atoms in total. The van der Waals surface area contributed by atoms with Crippen molar-refractivity contribution in [3.63, 3.8) is 0 Å². The van der Waals surface area contributed by atoms with Gasteiger partial charge in [0.05, 0.1) is 16.0 Å². The highest BCUT2D eigenvalue weighted by Gasteiger charge is 2.45. The largest absolute Gasteiger partial charge is 0.358 e. The number of amides is 1. The maximum atomic E-state index is 13.7. The predicted molar refractivity (Wildman–Crippen MR) is 150 cm³/mol. The van der Waals surface area contributed by atoms with Gasteiger partial charge in [0.15, 0.2) is 9.84 Å². The van der Waals surface area contributed by atoms with Crippen molar-refractivity contribution in [3.05, 3.63) is 29.5 Å². The number of nitrogens with one attached hydrogen (secondary N) is 1. The topological polar surface area (TPSA) is 95.5 Å². The molecule has 0 spiro atoms. The zero-order valence-electron chi connectivity index (χ0n) is 22.7. The van der Waals surface area contributed by atoms with Gasteiger partial charge in [-0.2, -0.15) is 0 Å². The van der Waals surface area contributed by atoms with Gasteiger partial charge in [0.2, 0.25) is 5.91 Å². The van der Waals surface area contributed by atoms with Crippen LogP contribution >= 0.6 is 11.6 Å². The minimum Gasteiger partial charge on any atom is -0.358 e. The number of hydrogen-bond donors (Lipinski definition) is 1. The van der Waals surface area contributed by atoms with Crippen molar-refractivity contribution in [1.82, 2.24) is 19.8 Å². The first kappa shape index (κ1) is 28.0. The molecule has 1 N–H and O–H groups in total. The van der Waals surface area contributed by atoms with Gasteiger partial charge in [0.25, 0.3) is 0 Å². The van der Waals surface area contributed by atoms with Gasteiger partial charge in [-0.25, -0.2) is 18.4 Å². The average molecular weight is 550 g/mol. The summed E-state index contributed by atoms with van der Waals surface area (Å²) in [6, 6.07) is 5.58. The van der Waals surface area contributed by atoms with Crippen LogP contribution in [0.15, 0.2) is 24.5 Å². The number of carbonyl (C=O) groups is 1. The number of anilines is 1. The van der Waals surface area contributed by atoms with E-state index in [0.717, 1.165) is 30.2 Å². The van der Waals surface area contributed by atoms with Gasteiger partial charge in [0, 0.05) is 35.1 Å². The summed E-state index contributed by atoms with van der Waals surface area (Å²) >= 11 is 6.20. The van der Waals surface area contributed by atoms with E-state index in [1.165, 1.54) is 6.33 Å². The molecule has 1 saturated heterocycles. The molecular formula is C27H40ClN5O3S. The van der Waals surface area contributed by atoms with Crippen LogP contribution in [-0.4, -0.2) is 82.4 Å². The van der Waals surface area contributed by atoms with Crippen LogP contribution in [0.5, 0.6) is 0 Å². The summed E-state index contributed by atoms with van der Waals surface area (Å²) in [5.41, 5.74) is 0.754. The second kappa shape index (κ2) is 10.7. The number of aromatic nitrogens is 2. The molecule has 37 heavy (non-hydrogen) atoms. The molecule has 0 radical (unpaired) electrons. The van der Waals surface area contributed by atoms with E-state index in [1.54, 1.807) is 32.9 Å². The highest BCUT2D eigenvalue weighted by atomic mass is 35.5. The van der Waals surface area contributed by atoms with E-state index in [-0.39, 0.29) is 23.6 Å². The summed E-state index contributed by atoms with van der Waals surface area (Å²) in [5.74, 6) is 0.584. The Balaban J connectivity index is 1.56. The molecular weight excluding hydrogens is 510 g/mol. The second-order valence-corrected chi connectivity index (χ2v) is 15.1. The molecule has 1 aliphatic carbocycles. The molecule has 4 rings (SSSR count). The van der Waals surface area contributed by atoms with Gasteiger partial charge in [-0.1, -0.05) is 11.6 Å². The average Bonchev–Trinajstić information content (AvgIpc) is 3.17. The Morgan fingerprint density at radius 1 is 1.19 bits per heavy atom. The predicted octanol–water partition coefficient (Wildman–Crippen LogP) is 4.39. The molecule has 1 amide bonds. The lowest BCUT2D eigenvalue weighted by atomic mass is 9.81. The van der Waals surface area contributed by atoms with E-state index in [0.29, 0.717) is 35.9 Å². The summed E-state index contributed by atoms with van der Waals surface area (Å²) < 4.78 is 25.7. The van der Waals surface area contributed by atoms with Crippen molar-refractivity contribution < 1.29 is 13.2 Å². The van der Waals surface area contributed by atoms with Crippen molar-refractivity contribution in [3.8, 4) is 0 Å². The van der Waals surface area contributed by atoms with E-state index in [9.17, 15) is 13.2 Å². The van der Waals surface area contributed by atoms with Crippen LogP contribution in [0.25, 0.3) is 10.9 Å². The van der Waals surface area contributed by atoms with Crippen molar-refractivity contribution in [2.75, 3.05) is 24.7 Å². The Kier molecular flexibility index (Phi) is 8.08. The van der Waals surface area contributed by atoms with Gasteiger partial charge in [-0.05, 0) is 91.5 Å². The second-order valence-electron chi connectivity index (χ2n) is 11.8. The van der Waals surface area contributed by atoms with Crippen LogP contribution < -0.4 is 5.32 Å². The third kappa shape index (κ3) is 5.88. The third-order valence-electron chi connectivity index (χ3n) is 8.22. The molecule has 1 unspecified atom stereocenters. The molecule has 10 heteroatoms. The van der Waals surface area contributed by atoms with E-state index in [4.69, 9.17) is 11.6 Å². The molecule has 2 fully saturated rings. The lowest BCUT2D eigenvalue weighted by molar-refractivity contribution is -0.132. The number of benzene rings is 1. The monoisotopic (exact) mass is 549 g/mol. The number of carbonyl (C=O) groups excluding carboxylic acids is 1. The lowest BCUT2D eigenvalue weighted by Gasteiger charge is -2.45. The number of hydrogen-bond acceptors (Lipinski definition) is 7. The molecule has 1 aromatic heterocycles. The van der Waals surface area contributed by atoms with Crippen molar-refractivity contribution in [2.24, 2.45) is 5.92 Å². The van der Waals surface area contributed by atoms with E-state index >= 15 is 0 Å². The quantitative estimate of drug-likeness (QED) is 0.547. The Bertz CT molecular complexity index is 1250. The molecule has 4 atom stereocenters. The van der Waals surface area contributed by atoms with E-state index in [2.05, 4.69) is 41.1 Å². The number of halogens is 1. The smallest absolute Gasteiger partial charge is 0.245 e. The van der Waals surface area contributed by atoms with Gasteiger partial charge in [0.1, 0.15) is 18.2 Å². The van der Waals surface area contributed by atoms with Gasteiger partial charge >= 0.3 is 0 Å². The van der Waals surface area contributed by atoms with Crippen molar-refractivity contribution in [1.29, 1.82) is 0 Å². The highest BCUT2D eigenvalue weighted by Crippen LogP contribution is 2.37. The highest BCUT2D eigenvalue weighted by molar-refractivity contribution is 7.92. The molecule has 1 aromatic carbocycles. The Hall–Kier alpha value is -1.97. The summed E-state index contributed by atoms with van der Waals surface area (Å²) in [6.45, 7) is 10.2. The summed E-state index contributed by atoms with van der Waals surface area (Å²) in [7, 11) is -1.22. The number of rotatable bonds is 7. The van der Waals surface area contributed by atoms with Gasteiger partial charge in [-0.15, -0.1) is 0 Å². The Labute approximate surface area is 226 Å².